The first kappa shape index (κ1) is 14.2. The molecule has 0 saturated carbocycles. The van der Waals surface area contributed by atoms with Crippen molar-refractivity contribution in [2.75, 3.05) is 19.7 Å². The zero-order chi connectivity index (χ0) is 13.8. The fraction of sp³-hybridized carbons (Fsp3) is 0.529. The fourth-order valence-corrected chi connectivity index (χ4v) is 3.94. The van der Waals surface area contributed by atoms with Crippen molar-refractivity contribution in [2.45, 2.75) is 37.3 Å². The van der Waals surface area contributed by atoms with Gasteiger partial charge in [-0.05, 0) is 42.2 Å². The Bertz CT molecular complexity index is 453. The SMILES string of the molecule is CC1CN(C2CCCCO2)CC=C1Sc1ccccc1. The van der Waals surface area contributed by atoms with Crippen LogP contribution in [0.3, 0.4) is 0 Å². The van der Waals surface area contributed by atoms with E-state index in [1.807, 2.05) is 11.8 Å². The van der Waals surface area contributed by atoms with Crippen molar-refractivity contribution in [2.24, 2.45) is 5.92 Å². The standard InChI is InChI=1S/C17H23NOS/c1-14-13-18(17-9-5-6-12-19-17)11-10-16(14)20-15-7-3-2-4-8-15/h2-4,7-8,10,14,17H,5-6,9,11-13H2,1H3. The Labute approximate surface area is 126 Å². The van der Waals surface area contributed by atoms with E-state index in [4.69, 9.17) is 4.74 Å². The summed E-state index contributed by atoms with van der Waals surface area (Å²) in [4.78, 5) is 5.34. The highest BCUT2D eigenvalue weighted by atomic mass is 32.2. The number of nitrogens with zero attached hydrogens (tertiary/aromatic N) is 1. The maximum Gasteiger partial charge on any atom is 0.110 e. The molecule has 0 aliphatic carbocycles. The molecule has 3 heteroatoms. The van der Waals surface area contributed by atoms with Crippen LogP contribution in [0.5, 0.6) is 0 Å². The van der Waals surface area contributed by atoms with Crippen LogP contribution in [0.4, 0.5) is 0 Å². The van der Waals surface area contributed by atoms with Crippen LogP contribution in [-0.2, 0) is 4.74 Å². The molecule has 2 aliphatic rings. The molecule has 2 unspecified atom stereocenters. The van der Waals surface area contributed by atoms with Crippen LogP contribution in [0, 0.1) is 5.92 Å². The molecular weight excluding hydrogens is 266 g/mol. The summed E-state index contributed by atoms with van der Waals surface area (Å²) in [5, 5.41) is 0. The Morgan fingerprint density at radius 3 is 2.75 bits per heavy atom. The first-order chi connectivity index (χ1) is 9.83. The van der Waals surface area contributed by atoms with Crippen molar-refractivity contribution in [1.29, 1.82) is 0 Å². The van der Waals surface area contributed by atoms with Gasteiger partial charge in [-0.1, -0.05) is 43.0 Å². The van der Waals surface area contributed by atoms with Gasteiger partial charge in [0.2, 0.25) is 0 Å². The van der Waals surface area contributed by atoms with Gasteiger partial charge in [0.15, 0.2) is 0 Å². The van der Waals surface area contributed by atoms with Crippen LogP contribution in [0.15, 0.2) is 46.2 Å². The molecule has 1 aromatic rings. The molecule has 2 heterocycles. The summed E-state index contributed by atoms with van der Waals surface area (Å²) >= 11 is 1.91. The van der Waals surface area contributed by atoms with Crippen LogP contribution in [-0.4, -0.2) is 30.8 Å². The predicted octanol–water partition coefficient (Wildman–Crippen LogP) is 4.14. The summed E-state index contributed by atoms with van der Waals surface area (Å²) in [6.45, 7) is 5.42. The molecule has 0 amide bonds. The minimum absolute atomic E-state index is 0.353. The third-order valence-electron chi connectivity index (χ3n) is 4.06. The molecule has 1 saturated heterocycles. The van der Waals surface area contributed by atoms with E-state index in [0.717, 1.165) is 19.7 Å². The van der Waals surface area contributed by atoms with Crippen molar-refractivity contribution in [3.05, 3.63) is 41.3 Å². The number of hydrogen-bond donors (Lipinski definition) is 0. The third-order valence-corrected chi connectivity index (χ3v) is 5.38. The quantitative estimate of drug-likeness (QED) is 0.830. The average molecular weight is 289 g/mol. The average Bonchev–Trinajstić information content (AvgIpc) is 2.51. The van der Waals surface area contributed by atoms with E-state index in [2.05, 4.69) is 48.2 Å². The summed E-state index contributed by atoms with van der Waals surface area (Å²) < 4.78 is 5.91. The molecule has 1 aromatic carbocycles. The summed E-state index contributed by atoms with van der Waals surface area (Å²) in [7, 11) is 0. The Hall–Kier alpha value is -0.770. The van der Waals surface area contributed by atoms with Gasteiger partial charge in [0.05, 0.1) is 0 Å². The van der Waals surface area contributed by atoms with E-state index in [-0.39, 0.29) is 0 Å². The molecule has 1 fully saturated rings. The molecular formula is C17H23NOS. The maximum atomic E-state index is 5.91. The largest absolute Gasteiger partial charge is 0.363 e. The number of thioether (sulfide) groups is 1. The van der Waals surface area contributed by atoms with Gasteiger partial charge in [-0.3, -0.25) is 4.90 Å². The number of hydrogen-bond acceptors (Lipinski definition) is 3. The molecule has 2 aliphatic heterocycles. The van der Waals surface area contributed by atoms with Crippen LogP contribution in [0.2, 0.25) is 0 Å². The normalized spacial score (nSPS) is 28.1. The van der Waals surface area contributed by atoms with Gasteiger partial charge >= 0.3 is 0 Å². The van der Waals surface area contributed by atoms with Crippen LogP contribution in [0.25, 0.3) is 0 Å². The Morgan fingerprint density at radius 2 is 2.05 bits per heavy atom. The summed E-state index contributed by atoms with van der Waals surface area (Å²) in [6.07, 6.45) is 6.48. The van der Waals surface area contributed by atoms with Gasteiger partial charge < -0.3 is 4.74 Å². The summed E-state index contributed by atoms with van der Waals surface area (Å²) in [5.41, 5.74) is 0. The van der Waals surface area contributed by atoms with Gasteiger partial charge in [-0.2, -0.15) is 0 Å². The van der Waals surface area contributed by atoms with Crippen molar-refractivity contribution < 1.29 is 4.74 Å². The Kier molecular flexibility index (Phi) is 4.81. The lowest BCUT2D eigenvalue weighted by Gasteiger charge is -2.38. The monoisotopic (exact) mass is 289 g/mol. The minimum atomic E-state index is 0.353. The molecule has 0 N–H and O–H groups in total. The number of ether oxygens (including phenoxy) is 1. The van der Waals surface area contributed by atoms with Crippen LogP contribution in [0.1, 0.15) is 26.2 Å². The summed E-state index contributed by atoms with van der Waals surface area (Å²) in [6, 6.07) is 10.7. The number of rotatable bonds is 3. The molecule has 3 rings (SSSR count). The van der Waals surface area contributed by atoms with E-state index in [1.54, 1.807) is 0 Å². The maximum absolute atomic E-state index is 5.91. The van der Waals surface area contributed by atoms with Gasteiger partial charge in [0.25, 0.3) is 0 Å². The third kappa shape index (κ3) is 3.46. The predicted molar refractivity (Wildman–Crippen MR) is 84.7 cm³/mol. The molecule has 0 spiro atoms. The Balaban J connectivity index is 1.62. The van der Waals surface area contributed by atoms with Crippen molar-refractivity contribution >= 4 is 11.8 Å². The molecule has 20 heavy (non-hydrogen) atoms. The molecule has 0 aromatic heterocycles. The molecule has 0 radical (unpaired) electrons. The highest BCUT2D eigenvalue weighted by molar-refractivity contribution is 8.03. The zero-order valence-corrected chi connectivity index (χ0v) is 12.9. The number of benzene rings is 1. The minimum Gasteiger partial charge on any atom is -0.363 e. The first-order valence-electron chi connectivity index (χ1n) is 7.61. The second-order valence-corrected chi connectivity index (χ2v) is 6.84. The van der Waals surface area contributed by atoms with E-state index >= 15 is 0 Å². The topological polar surface area (TPSA) is 12.5 Å². The second-order valence-electron chi connectivity index (χ2n) is 5.70. The molecule has 0 bridgehead atoms. The van der Waals surface area contributed by atoms with E-state index < -0.39 is 0 Å². The highest BCUT2D eigenvalue weighted by Gasteiger charge is 2.27. The highest BCUT2D eigenvalue weighted by Crippen LogP contribution is 2.35. The smallest absolute Gasteiger partial charge is 0.110 e. The second kappa shape index (κ2) is 6.79. The van der Waals surface area contributed by atoms with Crippen molar-refractivity contribution in [3.8, 4) is 0 Å². The zero-order valence-electron chi connectivity index (χ0n) is 12.1. The lowest BCUT2D eigenvalue weighted by atomic mass is 10.1. The van der Waals surface area contributed by atoms with Gasteiger partial charge in [0.1, 0.15) is 6.23 Å². The van der Waals surface area contributed by atoms with Gasteiger partial charge in [-0.15, -0.1) is 0 Å². The van der Waals surface area contributed by atoms with Crippen molar-refractivity contribution in [3.63, 3.8) is 0 Å². The molecule has 2 nitrogen and oxygen atoms in total. The van der Waals surface area contributed by atoms with Crippen LogP contribution < -0.4 is 0 Å². The Morgan fingerprint density at radius 1 is 1.20 bits per heavy atom. The molecule has 2 atom stereocenters. The lowest BCUT2D eigenvalue weighted by Crippen LogP contribution is -2.44. The van der Waals surface area contributed by atoms with Gasteiger partial charge in [0, 0.05) is 24.6 Å². The van der Waals surface area contributed by atoms with E-state index in [0.29, 0.717) is 12.1 Å². The van der Waals surface area contributed by atoms with E-state index in [9.17, 15) is 0 Å². The van der Waals surface area contributed by atoms with Gasteiger partial charge in [-0.25, -0.2) is 0 Å². The fourth-order valence-electron chi connectivity index (χ4n) is 2.94. The summed E-state index contributed by atoms with van der Waals surface area (Å²) in [5.74, 6) is 0.597. The van der Waals surface area contributed by atoms with E-state index in [1.165, 1.54) is 29.1 Å². The first-order valence-corrected chi connectivity index (χ1v) is 8.43. The van der Waals surface area contributed by atoms with Crippen molar-refractivity contribution in [1.82, 2.24) is 4.90 Å². The van der Waals surface area contributed by atoms with Crippen LogP contribution >= 0.6 is 11.8 Å². The lowest BCUT2D eigenvalue weighted by molar-refractivity contribution is -0.0858. The molecule has 108 valence electrons.